The van der Waals surface area contributed by atoms with E-state index < -0.39 is 0 Å². The van der Waals surface area contributed by atoms with Gasteiger partial charge in [0.2, 0.25) is 0 Å². The van der Waals surface area contributed by atoms with Gasteiger partial charge in [0.15, 0.2) is 0 Å². The van der Waals surface area contributed by atoms with Crippen LogP contribution in [0.5, 0.6) is 0 Å². The van der Waals surface area contributed by atoms with Crippen LogP contribution in [0.4, 0.5) is 0 Å². The molecule has 0 saturated heterocycles. The Morgan fingerprint density at radius 2 is 0.917 bits per heavy atom. The van der Waals surface area contributed by atoms with E-state index in [0.717, 1.165) is 19.3 Å². The molecular weight excluding hydrogens is 300 g/mol. The molecule has 3 heteroatoms. The van der Waals surface area contributed by atoms with Crippen molar-refractivity contribution in [3.63, 3.8) is 0 Å². The minimum atomic E-state index is -0.383. The van der Waals surface area contributed by atoms with Crippen LogP contribution in [0.1, 0.15) is 109 Å². The zero-order valence-corrected chi connectivity index (χ0v) is 15.4. The van der Waals surface area contributed by atoms with Crippen LogP contribution in [0.15, 0.2) is 12.2 Å². The van der Waals surface area contributed by atoms with E-state index in [0.29, 0.717) is 19.3 Å². The summed E-state index contributed by atoms with van der Waals surface area (Å²) in [5.74, 6) is -0.738. The lowest BCUT2D eigenvalue weighted by molar-refractivity contribution is -0.159. The molecule has 0 N–H and O–H groups in total. The molecule has 0 saturated carbocycles. The molecule has 1 heterocycles. The molecule has 138 valence electrons. The smallest absolute Gasteiger partial charge is 0.313 e. The number of carbonyl (C=O) groups is 2. The summed E-state index contributed by atoms with van der Waals surface area (Å²) in [5, 5.41) is 0. The summed E-state index contributed by atoms with van der Waals surface area (Å²) in [6.07, 6.45) is 23.1. The molecule has 24 heavy (non-hydrogen) atoms. The fourth-order valence-electron chi connectivity index (χ4n) is 3.14. The lowest BCUT2D eigenvalue weighted by atomic mass is 10.0. The second-order valence-electron chi connectivity index (χ2n) is 6.99. The molecule has 1 rings (SSSR count). The first kappa shape index (κ1) is 20.9. The molecule has 3 nitrogen and oxygen atoms in total. The number of carbonyl (C=O) groups excluding carboxylic acids is 2. The molecular formula is C21H36O3. The van der Waals surface area contributed by atoms with Crippen molar-refractivity contribution in [1.82, 2.24) is 0 Å². The monoisotopic (exact) mass is 336 g/mol. The van der Waals surface area contributed by atoms with Gasteiger partial charge in [-0.2, -0.15) is 0 Å². The molecule has 0 spiro atoms. The van der Waals surface area contributed by atoms with Crippen molar-refractivity contribution in [2.45, 2.75) is 109 Å². The molecule has 0 aromatic carbocycles. The molecule has 0 aromatic heterocycles. The molecule has 0 fully saturated rings. The minimum absolute atomic E-state index is 0.308. The molecule has 1 aliphatic heterocycles. The Morgan fingerprint density at radius 1 is 0.500 bits per heavy atom. The first-order chi connectivity index (χ1) is 11.8. The average Bonchev–Trinajstić information content (AvgIpc) is 2.56. The maximum absolute atomic E-state index is 11.6. The Labute approximate surface area is 148 Å². The van der Waals surface area contributed by atoms with Crippen LogP contribution < -0.4 is 0 Å². The van der Waals surface area contributed by atoms with Gasteiger partial charge in [0.05, 0.1) is 0 Å². The molecule has 0 atom stereocenters. The van der Waals surface area contributed by atoms with Gasteiger partial charge in [-0.25, -0.2) is 0 Å². The molecule has 0 amide bonds. The van der Waals surface area contributed by atoms with Crippen molar-refractivity contribution >= 4 is 11.9 Å². The Hall–Kier alpha value is -1.12. The SMILES string of the molecule is O=C1CC/C=C\CCCCCCCCCCCCCCCC(=O)O1. The van der Waals surface area contributed by atoms with Gasteiger partial charge < -0.3 is 4.74 Å². The van der Waals surface area contributed by atoms with Gasteiger partial charge in [0, 0.05) is 12.8 Å². The number of esters is 2. The first-order valence-electron chi connectivity index (χ1n) is 10.2. The van der Waals surface area contributed by atoms with Crippen LogP contribution in [0, 0.1) is 0 Å². The standard InChI is InChI=1S/C21H36O3/c22-20-18-16-14-12-10-8-6-4-2-1-3-5-7-9-11-13-15-17-19-21(23)24-20/h12,14H,1-11,13,15-19H2/b14-12-. The summed E-state index contributed by atoms with van der Waals surface area (Å²) < 4.78 is 4.85. The average molecular weight is 337 g/mol. The highest BCUT2D eigenvalue weighted by Crippen LogP contribution is 2.14. The lowest BCUT2D eigenvalue weighted by Gasteiger charge is -2.04. The highest BCUT2D eigenvalue weighted by Gasteiger charge is 2.09. The number of cyclic esters (lactones) is 2. The van der Waals surface area contributed by atoms with Gasteiger partial charge in [0.1, 0.15) is 0 Å². The summed E-state index contributed by atoms with van der Waals surface area (Å²) >= 11 is 0. The number of ether oxygens (including phenoxy) is 1. The number of rotatable bonds is 0. The first-order valence-corrected chi connectivity index (χ1v) is 10.2. The second kappa shape index (κ2) is 15.4. The molecule has 0 aromatic rings. The fourth-order valence-corrected chi connectivity index (χ4v) is 3.14. The van der Waals surface area contributed by atoms with Gasteiger partial charge in [-0.05, 0) is 25.7 Å². The van der Waals surface area contributed by atoms with Crippen LogP contribution in [0.3, 0.4) is 0 Å². The Kier molecular flexibility index (Phi) is 13.4. The van der Waals surface area contributed by atoms with Crippen LogP contribution >= 0.6 is 0 Å². The van der Waals surface area contributed by atoms with E-state index in [1.165, 1.54) is 70.6 Å². The summed E-state index contributed by atoms with van der Waals surface area (Å²) in [7, 11) is 0. The van der Waals surface area contributed by atoms with Crippen molar-refractivity contribution < 1.29 is 14.3 Å². The van der Waals surface area contributed by atoms with E-state index in [1.54, 1.807) is 0 Å². The molecule has 0 aliphatic carbocycles. The van der Waals surface area contributed by atoms with E-state index in [4.69, 9.17) is 4.74 Å². The number of allylic oxidation sites excluding steroid dienone is 2. The Balaban J connectivity index is 2.23. The Morgan fingerprint density at radius 3 is 1.50 bits per heavy atom. The molecule has 0 bridgehead atoms. The molecule has 0 unspecified atom stereocenters. The maximum atomic E-state index is 11.6. The zero-order valence-electron chi connectivity index (χ0n) is 15.4. The summed E-state index contributed by atoms with van der Waals surface area (Å²) in [6.45, 7) is 0. The van der Waals surface area contributed by atoms with Crippen molar-refractivity contribution in [3.05, 3.63) is 12.2 Å². The largest absolute Gasteiger partial charge is 0.393 e. The quantitative estimate of drug-likeness (QED) is 0.298. The van der Waals surface area contributed by atoms with Crippen LogP contribution in [0.2, 0.25) is 0 Å². The maximum Gasteiger partial charge on any atom is 0.313 e. The predicted molar refractivity (Wildman–Crippen MR) is 98.7 cm³/mol. The van der Waals surface area contributed by atoms with Crippen molar-refractivity contribution in [3.8, 4) is 0 Å². The number of hydrogen-bond donors (Lipinski definition) is 0. The predicted octanol–water partition coefficient (Wildman–Crippen LogP) is 6.26. The highest BCUT2D eigenvalue weighted by atomic mass is 16.6. The van der Waals surface area contributed by atoms with Crippen LogP contribution in [-0.2, 0) is 14.3 Å². The third kappa shape index (κ3) is 13.3. The van der Waals surface area contributed by atoms with Gasteiger partial charge >= 0.3 is 11.9 Å². The lowest BCUT2D eigenvalue weighted by Crippen LogP contribution is -2.11. The fraction of sp³-hybridized carbons (Fsp3) is 0.810. The van der Waals surface area contributed by atoms with Crippen molar-refractivity contribution in [2.75, 3.05) is 0 Å². The Bertz CT molecular complexity index is 360. The van der Waals surface area contributed by atoms with Gasteiger partial charge in [-0.15, -0.1) is 0 Å². The second-order valence-corrected chi connectivity index (χ2v) is 6.99. The summed E-state index contributed by atoms with van der Waals surface area (Å²) in [6, 6.07) is 0. The van der Waals surface area contributed by atoms with Gasteiger partial charge in [0.25, 0.3) is 0 Å². The number of hydrogen-bond acceptors (Lipinski definition) is 3. The van der Waals surface area contributed by atoms with Gasteiger partial charge in [-0.3, -0.25) is 9.59 Å². The zero-order chi connectivity index (χ0) is 17.3. The van der Waals surface area contributed by atoms with Crippen LogP contribution in [0.25, 0.3) is 0 Å². The van der Waals surface area contributed by atoms with Crippen molar-refractivity contribution in [2.24, 2.45) is 0 Å². The topological polar surface area (TPSA) is 43.4 Å². The van der Waals surface area contributed by atoms with E-state index in [9.17, 15) is 9.59 Å². The summed E-state index contributed by atoms with van der Waals surface area (Å²) in [5.41, 5.74) is 0. The van der Waals surface area contributed by atoms with E-state index in [2.05, 4.69) is 6.08 Å². The third-order valence-corrected chi connectivity index (χ3v) is 4.66. The summed E-state index contributed by atoms with van der Waals surface area (Å²) in [4.78, 5) is 23.1. The minimum Gasteiger partial charge on any atom is -0.393 e. The van der Waals surface area contributed by atoms with E-state index >= 15 is 0 Å². The van der Waals surface area contributed by atoms with E-state index in [1.807, 2.05) is 6.08 Å². The molecule has 0 radical (unpaired) electrons. The van der Waals surface area contributed by atoms with Crippen molar-refractivity contribution in [1.29, 1.82) is 0 Å². The van der Waals surface area contributed by atoms with Crippen LogP contribution in [-0.4, -0.2) is 11.9 Å². The normalized spacial score (nSPS) is 23.5. The van der Waals surface area contributed by atoms with E-state index in [-0.39, 0.29) is 11.9 Å². The van der Waals surface area contributed by atoms with Gasteiger partial charge in [-0.1, -0.05) is 82.8 Å². The third-order valence-electron chi connectivity index (χ3n) is 4.66. The molecule has 1 aliphatic rings. The highest BCUT2D eigenvalue weighted by molar-refractivity contribution is 5.85.